The predicted molar refractivity (Wildman–Crippen MR) is 93.5 cm³/mol. The van der Waals surface area contributed by atoms with Crippen molar-refractivity contribution in [1.29, 1.82) is 0 Å². The topological polar surface area (TPSA) is 89.7 Å². The Kier molecular flexibility index (Phi) is 3.35. The molecule has 0 spiro atoms. The van der Waals surface area contributed by atoms with E-state index < -0.39 is 0 Å². The summed E-state index contributed by atoms with van der Waals surface area (Å²) in [5.41, 5.74) is 10.1. The number of nitrogens with zero attached hydrogens (tertiary/aromatic N) is 3. The zero-order chi connectivity index (χ0) is 16.5. The van der Waals surface area contributed by atoms with Gasteiger partial charge in [-0.3, -0.25) is 0 Å². The third-order valence-corrected chi connectivity index (χ3v) is 3.85. The Morgan fingerprint density at radius 2 is 1.75 bits per heavy atom. The van der Waals surface area contributed by atoms with Crippen LogP contribution in [0.4, 0.5) is 5.82 Å². The summed E-state index contributed by atoms with van der Waals surface area (Å²) in [6, 6.07) is 13.5. The summed E-state index contributed by atoms with van der Waals surface area (Å²) in [5.74, 6) is 2.01. The number of nitrogens with one attached hydrogen (secondary N) is 1. The molecule has 0 unspecified atom stereocenters. The molecule has 0 aliphatic carbocycles. The molecule has 118 valence electrons. The van der Waals surface area contributed by atoms with Crippen LogP contribution in [0, 0.1) is 0 Å². The van der Waals surface area contributed by atoms with Crippen LogP contribution < -0.4 is 10.5 Å². The highest BCUT2D eigenvalue weighted by Gasteiger charge is 2.11. The summed E-state index contributed by atoms with van der Waals surface area (Å²) in [5, 5.41) is 0. The molecule has 0 saturated heterocycles. The fourth-order valence-corrected chi connectivity index (χ4v) is 2.60. The lowest BCUT2D eigenvalue weighted by molar-refractivity contribution is 0.415. The van der Waals surface area contributed by atoms with E-state index in [0.29, 0.717) is 11.6 Å². The molecule has 0 radical (unpaired) electrons. The largest absolute Gasteiger partial charge is 0.497 e. The maximum atomic E-state index is 5.64. The van der Waals surface area contributed by atoms with Gasteiger partial charge in [-0.25, -0.2) is 15.0 Å². The first-order chi connectivity index (χ1) is 11.7. The average molecular weight is 317 g/mol. The SMILES string of the molecule is COc1ccc(-c2ccnc3[nH]c(-c4ccc(N)nc4)nc23)cc1. The van der Waals surface area contributed by atoms with Crippen LogP contribution in [0.15, 0.2) is 54.9 Å². The molecule has 4 rings (SSSR count). The number of H-pyrrole nitrogens is 1. The van der Waals surface area contributed by atoms with Crippen molar-refractivity contribution in [3.8, 4) is 28.3 Å². The van der Waals surface area contributed by atoms with Crippen molar-refractivity contribution in [1.82, 2.24) is 19.9 Å². The van der Waals surface area contributed by atoms with E-state index in [9.17, 15) is 0 Å². The standard InChI is InChI=1S/C18H15N5O/c1-24-13-5-2-11(3-6-13)14-8-9-20-18-16(14)22-17(23-18)12-4-7-15(19)21-10-12/h2-10H,1H3,(H2,19,21)(H,20,22,23). The Bertz CT molecular complexity index is 990. The molecule has 0 atom stereocenters. The maximum Gasteiger partial charge on any atom is 0.158 e. The minimum absolute atomic E-state index is 0.479. The first-order valence-corrected chi connectivity index (χ1v) is 7.45. The van der Waals surface area contributed by atoms with Crippen molar-refractivity contribution < 1.29 is 4.74 Å². The van der Waals surface area contributed by atoms with Crippen molar-refractivity contribution in [3.05, 3.63) is 54.9 Å². The van der Waals surface area contributed by atoms with E-state index in [-0.39, 0.29) is 0 Å². The van der Waals surface area contributed by atoms with Crippen molar-refractivity contribution in [2.45, 2.75) is 0 Å². The number of nitrogen functional groups attached to an aromatic ring is 1. The molecule has 0 bridgehead atoms. The highest BCUT2D eigenvalue weighted by molar-refractivity contribution is 5.91. The van der Waals surface area contributed by atoms with Crippen LogP contribution in [-0.4, -0.2) is 27.0 Å². The van der Waals surface area contributed by atoms with Gasteiger partial charge in [0.25, 0.3) is 0 Å². The quantitative estimate of drug-likeness (QED) is 0.605. The zero-order valence-electron chi connectivity index (χ0n) is 13.0. The van der Waals surface area contributed by atoms with Crippen molar-refractivity contribution >= 4 is 17.0 Å². The lowest BCUT2D eigenvalue weighted by atomic mass is 10.1. The number of aromatic amines is 1. The number of hydrogen-bond donors (Lipinski definition) is 2. The molecule has 0 amide bonds. The Hall–Kier alpha value is -3.41. The first kappa shape index (κ1) is 14.2. The van der Waals surface area contributed by atoms with Gasteiger partial charge < -0.3 is 15.5 Å². The second-order valence-corrected chi connectivity index (χ2v) is 5.34. The van der Waals surface area contributed by atoms with Gasteiger partial charge >= 0.3 is 0 Å². The fraction of sp³-hybridized carbons (Fsp3) is 0.0556. The normalized spacial score (nSPS) is 10.9. The highest BCUT2D eigenvalue weighted by Crippen LogP contribution is 2.29. The van der Waals surface area contributed by atoms with E-state index in [1.54, 1.807) is 25.6 Å². The Balaban J connectivity index is 1.83. The van der Waals surface area contributed by atoms with Gasteiger partial charge in [0.15, 0.2) is 5.65 Å². The summed E-state index contributed by atoms with van der Waals surface area (Å²) in [6.07, 6.45) is 3.46. The minimum Gasteiger partial charge on any atom is -0.497 e. The van der Waals surface area contributed by atoms with E-state index in [0.717, 1.165) is 33.6 Å². The van der Waals surface area contributed by atoms with Gasteiger partial charge in [0.05, 0.1) is 7.11 Å². The van der Waals surface area contributed by atoms with Crippen LogP contribution in [0.2, 0.25) is 0 Å². The number of imidazole rings is 1. The predicted octanol–water partition coefficient (Wildman–Crippen LogP) is 3.28. The lowest BCUT2D eigenvalue weighted by Gasteiger charge is -2.04. The summed E-state index contributed by atoms with van der Waals surface area (Å²) >= 11 is 0. The highest BCUT2D eigenvalue weighted by atomic mass is 16.5. The Morgan fingerprint density at radius 3 is 2.46 bits per heavy atom. The van der Waals surface area contributed by atoms with Crippen molar-refractivity contribution in [3.63, 3.8) is 0 Å². The number of ether oxygens (including phenoxy) is 1. The number of anilines is 1. The Labute approximate surface area is 138 Å². The maximum absolute atomic E-state index is 5.64. The zero-order valence-corrected chi connectivity index (χ0v) is 13.0. The van der Waals surface area contributed by atoms with Crippen LogP contribution in [0.5, 0.6) is 5.75 Å². The van der Waals surface area contributed by atoms with E-state index in [1.165, 1.54) is 0 Å². The molecule has 4 aromatic rings. The summed E-state index contributed by atoms with van der Waals surface area (Å²) < 4.78 is 5.21. The molecular formula is C18H15N5O. The number of rotatable bonds is 3. The van der Waals surface area contributed by atoms with Crippen LogP contribution in [0.25, 0.3) is 33.7 Å². The van der Waals surface area contributed by atoms with E-state index in [2.05, 4.69) is 15.0 Å². The van der Waals surface area contributed by atoms with Crippen LogP contribution in [0.3, 0.4) is 0 Å². The Morgan fingerprint density at radius 1 is 0.958 bits per heavy atom. The van der Waals surface area contributed by atoms with E-state index in [1.807, 2.05) is 36.4 Å². The molecule has 0 aliphatic heterocycles. The summed E-state index contributed by atoms with van der Waals surface area (Å²) in [4.78, 5) is 16.4. The summed E-state index contributed by atoms with van der Waals surface area (Å²) in [7, 11) is 1.65. The number of fused-ring (bicyclic) bond motifs is 1. The number of methoxy groups -OCH3 is 1. The van der Waals surface area contributed by atoms with Crippen LogP contribution in [0.1, 0.15) is 0 Å². The molecule has 6 heteroatoms. The van der Waals surface area contributed by atoms with Gasteiger partial charge in [-0.1, -0.05) is 12.1 Å². The molecule has 0 aliphatic rings. The summed E-state index contributed by atoms with van der Waals surface area (Å²) in [6.45, 7) is 0. The molecule has 1 aromatic carbocycles. The number of nitrogens with two attached hydrogens (primary N) is 1. The minimum atomic E-state index is 0.479. The number of aromatic nitrogens is 4. The van der Waals surface area contributed by atoms with Crippen molar-refractivity contribution in [2.75, 3.05) is 12.8 Å². The first-order valence-electron chi connectivity index (χ1n) is 7.45. The van der Waals surface area contributed by atoms with Gasteiger partial charge in [0.2, 0.25) is 0 Å². The molecule has 3 N–H and O–H groups in total. The second kappa shape index (κ2) is 5.66. The van der Waals surface area contributed by atoms with Gasteiger partial charge in [-0.05, 0) is 35.9 Å². The van der Waals surface area contributed by atoms with E-state index in [4.69, 9.17) is 15.5 Å². The molecule has 6 nitrogen and oxygen atoms in total. The smallest absolute Gasteiger partial charge is 0.158 e. The van der Waals surface area contributed by atoms with Gasteiger partial charge in [0, 0.05) is 23.5 Å². The fourth-order valence-electron chi connectivity index (χ4n) is 2.60. The number of hydrogen-bond acceptors (Lipinski definition) is 5. The van der Waals surface area contributed by atoms with Gasteiger partial charge in [-0.15, -0.1) is 0 Å². The van der Waals surface area contributed by atoms with Gasteiger partial charge in [0.1, 0.15) is 22.9 Å². The molecule has 0 fully saturated rings. The molecule has 0 saturated carbocycles. The van der Waals surface area contributed by atoms with Crippen LogP contribution in [-0.2, 0) is 0 Å². The van der Waals surface area contributed by atoms with Crippen molar-refractivity contribution in [2.24, 2.45) is 0 Å². The third kappa shape index (κ3) is 2.44. The number of pyridine rings is 2. The average Bonchev–Trinajstić information content (AvgIpc) is 3.06. The number of benzene rings is 1. The monoisotopic (exact) mass is 317 g/mol. The lowest BCUT2D eigenvalue weighted by Crippen LogP contribution is -1.89. The second-order valence-electron chi connectivity index (χ2n) is 5.34. The molecule has 3 aromatic heterocycles. The molecule has 24 heavy (non-hydrogen) atoms. The van der Waals surface area contributed by atoms with E-state index >= 15 is 0 Å². The van der Waals surface area contributed by atoms with Crippen LogP contribution >= 0.6 is 0 Å². The van der Waals surface area contributed by atoms with Gasteiger partial charge in [-0.2, -0.15) is 0 Å². The third-order valence-electron chi connectivity index (χ3n) is 3.85. The molecular weight excluding hydrogens is 302 g/mol. The molecule has 3 heterocycles.